The number of amides is 1. The fourth-order valence-corrected chi connectivity index (χ4v) is 2.91. The summed E-state index contributed by atoms with van der Waals surface area (Å²) < 4.78 is 10.9. The van der Waals surface area contributed by atoms with E-state index >= 15 is 0 Å². The van der Waals surface area contributed by atoms with Gasteiger partial charge in [-0.25, -0.2) is 4.79 Å². The molecule has 2 atom stereocenters. The Hall–Kier alpha value is -1.97. The van der Waals surface area contributed by atoms with Crippen LogP contribution in [-0.2, 0) is 4.74 Å². The van der Waals surface area contributed by atoms with Crippen LogP contribution in [0.1, 0.15) is 44.0 Å². The van der Waals surface area contributed by atoms with Gasteiger partial charge in [-0.2, -0.15) is 0 Å². The average molecular weight is 273 g/mol. The first-order valence-electron chi connectivity index (χ1n) is 6.79. The number of benzene rings is 1. The van der Waals surface area contributed by atoms with Crippen molar-refractivity contribution in [3.05, 3.63) is 41.5 Å². The Kier molecular flexibility index (Phi) is 2.78. The van der Waals surface area contributed by atoms with E-state index in [-0.39, 0.29) is 18.2 Å². The third kappa shape index (κ3) is 1.87. The maximum absolute atomic E-state index is 12.4. The van der Waals surface area contributed by atoms with Crippen molar-refractivity contribution in [1.29, 1.82) is 0 Å². The van der Waals surface area contributed by atoms with Crippen molar-refractivity contribution < 1.29 is 14.3 Å². The Bertz CT molecular complexity index is 586. The molecule has 20 heavy (non-hydrogen) atoms. The molecule has 2 aliphatic heterocycles. The van der Waals surface area contributed by atoms with E-state index in [9.17, 15) is 4.79 Å². The number of hydrogen-bond acceptors (Lipinski definition) is 3. The Morgan fingerprint density at radius 3 is 2.55 bits per heavy atom. The molecule has 2 heterocycles. The lowest BCUT2D eigenvalue weighted by Crippen LogP contribution is -2.35. The predicted octanol–water partition coefficient (Wildman–Crippen LogP) is 3.60. The summed E-state index contributed by atoms with van der Waals surface area (Å²) in [6.45, 7) is 5.64. The fraction of sp³-hybridized carbons (Fsp3) is 0.438. The van der Waals surface area contributed by atoms with Crippen LogP contribution in [0.3, 0.4) is 0 Å². The molecular weight excluding hydrogens is 254 g/mol. The number of nitrogens with zero attached hydrogens (tertiary/aromatic N) is 1. The van der Waals surface area contributed by atoms with Gasteiger partial charge in [0, 0.05) is 5.56 Å². The van der Waals surface area contributed by atoms with Gasteiger partial charge < -0.3 is 9.47 Å². The molecule has 1 aromatic rings. The molecule has 3 rings (SSSR count). The van der Waals surface area contributed by atoms with Crippen LogP contribution in [0.5, 0.6) is 5.75 Å². The minimum atomic E-state index is -0.491. The summed E-state index contributed by atoms with van der Waals surface area (Å²) in [6.07, 6.45) is 3.81. The van der Waals surface area contributed by atoms with Crippen molar-refractivity contribution >= 4 is 6.09 Å². The molecule has 2 unspecified atom stereocenters. The molecule has 2 bridgehead atoms. The zero-order valence-corrected chi connectivity index (χ0v) is 12.2. The van der Waals surface area contributed by atoms with Gasteiger partial charge in [0.2, 0.25) is 0 Å². The summed E-state index contributed by atoms with van der Waals surface area (Å²) in [4.78, 5) is 14.2. The van der Waals surface area contributed by atoms with Crippen molar-refractivity contribution in [2.24, 2.45) is 0 Å². The maximum atomic E-state index is 12.4. The van der Waals surface area contributed by atoms with Gasteiger partial charge in [0.1, 0.15) is 11.4 Å². The monoisotopic (exact) mass is 273 g/mol. The van der Waals surface area contributed by atoms with Crippen LogP contribution in [0.25, 0.3) is 0 Å². The molecule has 2 aliphatic rings. The number of carbonyl (C=O) groups excluding carboxylic acids is 1. The molecule has 4 nitrogen and oxygen atoms in total. The molecule has 0 saturated heterocycles. The minimum absolute atomic E-state index is 0.0417. The maximum Gasteiger partial charge on any atom is 0.411 e. The van der Waals surface area contributed by atoms with Crippen LogP contribution in [0, 0.1) is 0 Å². The molecule has 4 heteroatoms. The third-order valence-electron chi connectivity index (χ3n) is 3.61. The number of hydrogen-bond donors (Lipinski definition) is 0. The van der Waals surface area contributed by atoms with Crippen LogP contribution in [0.4, 0.5) is 4.79 Å². The SMILES string of the molecule is COc1cccc2c1C1C=CC2N1C(=O)OC(C)(C)C. The lowest BCUT2D eigenvalue weighted by Gasteiger charge is -2.27. The molecule has 0 aromatic heterocycles. The van der Waals surface area contributed by atoms with E-state index in [0.717, 1.165) is 16.9 Å². The van der Waals surface area contributed by atoms with Gasteiger partial charge in [0.15, 0.2) is 0 Å². The molecule has 0 aliphatic carbocycles. The van der Waals surface area contributed by atoms with E-state index in [0.29, 0.717) is 0 Å². The highest BCUT2D eigenvalue weighted by molar-refractivity contribution is 5.74. The summed E-state index contributed by atoms with van der Waals surface area (Å²) in [5, 5.41) is 0. The van der Waals surface area contributed by atoms with E-state index in [1.54, 1.807) is 12.0 Å². The molecule has 0 radical (unpaired) electrons. The Balaban J connectivity index is 1.95. The van der Waals surface area contributed by atoms with Crippen molar-refractivity contribution in [1.82, 2.24) is 4.90 Å². The highest BCUT2D eigenvalue weighted by Crippen LogP contribution is 2.52. The summed E-state index contributed by atoms with van der Waals surface area (Å²) in [7, 11) is 1.66. The Morgan fingerprint density at radius 1 is 1.20 bits per heavy atom. The zero-order valence-electron chi connectivity index (χ0n) is 12.2. The van der Waals surface area contributed by atoms with E-state index in [4.69, 9.17) is 9.47 Å². The standard InChI is InChI=1S/C16H19NO3/c1-16(2,3)20-15(18)17-11-8-9-12(17)14-10(11)6-5-7-13(14)19-4/h5-9,11-12H,1-4H3. The lowest BCUT2D eigenvalue weighted by atomic mass is 9.96. The molecule has 0 N–H and O–H groups in total. The first-order valence-corrected chi connectivity index (χ1v) is 6.79. The second-order valence-electron chi connectivity index (χ2n) is 6.13. The molecular formula is C16H19NO3. The summed E-state index contributed by atoms with van der Waals surface area (Å²) in [5.74, 6) is 0.827. The van der Waals surface area contributed by atoms with Gasteiger partial charge in [-0.05, 0) is 32.4 Å². The zero-order chi connectivity index (χ0) is 14.5. The number of rotatable bonds is 1. The molecule has 1 aromatic carbocycles. The Labute approximate surface area is 119 Å². The number of ether oxygens (including phenoxy) is 2. The lowest BCUT2D eigenvalue weighted by molar-refractivity contribution is 0.0195. The first-order chi connectivity index (χ1) is 9.42. The minimum Gasteiger partial charge on any atom is -0.496 e. The van der Waals surface area contributed by atoms with Gasteiger partial charge in [0.05, 0.1) is 19.2 Å². The highest BCUT2D eigenvalue weighted by Gasteiger charge is 2.46. The van der Waals surface area contributed by atoms with Crippen molar-refractivity contribution in [3.63, 3.8) is 0 Å². The van der Waals surface area contributed by atoms with E-state index in [2.05, 4.69) is 6.08 Å². The van der Waals surface area contributed by atoms with Gasteiger partial charge in [-0.15, -0.1) is 0 Å². The van der Waals surface area contributed by atoms with Crippen LogP contribution in [-0.4, -0.2) is 23.7 Å². The van der Waals surface area contributed by atoms with Crippen molar-refractivity contribution in [2.75, 3.05) is 7.11 Å². The smallest absolute Gasteiger partial charge is 0.411 e. The summed E-state index contributed by atoms with van der Waals surface area (Å²) in [6, 6.07) is 5.81. The van der Waals surface area contributed by atoms with E-state index < -0.39 is 5.60 Å². The second kappa shape index (κ2) is 4.27. The predicted molar refractivity (Wildman–Crippen MR) is 75.7 cm³/mol. The number of carbonyl (C=O) groups is 1. The third-order valence-corrected chi connectivity index (χ3v) is 3.61. The van der Waals surface area contributed by atoms with Crippen LogP contribution in [0.2, 0.25) is 0 Å². The molecule has 1 amide bonds. The van der Waals surface area contributed by atoms with Crippen molar-refractivity contribution in [3.8, 4) is 5.75 Å². The first kappa shape index (κ1) is 13.0. The van der Waals surface area contributed by atoms with Gasteiger partial charge in [-0.1, -0.05) is 24.3 Å². The number of fused-ring (bicyclic) bond motifs is 5. The summed E-state index contributed by atoms with van der Waals surface area (Å²) in [5.41, 5.74) is 1.71. The van der Waals surface area contributed by atoms with E-state index in [1.807, 2.05) is 45.0 Å². The van der Waals surface area contributed by atoms with Gasteiger partial charge in [0.25, 0.3) is 0 Å². The average Bonchev–Trinajstić information content (AvgIpc) is 2.92. The van der Waals surface area contributed by atoms with Crippen LogP contribution < -0.4 is 4.74 Å². The molecule has 0 fully saturated rings. The van der Waals surface area contributed by atoms with Crippen molar-refractivity contribution in [2.45, 2.75) is 38.5 Å². The number of methoxy groups -OCH3 is 1. The second-order valence-corrected chi connectivity index (χ2v) is 6.13. The highest BCUT2D eigenvalue weighted by atomic mass is 16.6. The Morgan fingerprint density at radius 2 is 1.90 bits per heavy atom. The molecule has 0 spiro atoms. The fourth-order valence-electron chi connectivity index (χ4n) is 2.91. The largest absolute Gasteiger partial charge is 0.496 e. The van der Waals surface area contributed by atoms with Gasteiger partial charge in [-0.3, -0.25) is 4.90 Å². The van der Waals surface area contributed by atoms with E-state index in [1.165, 1.54) is 0 Å². The molecule has 106 valence electrons. The normalized spacial score (nSPS) is 22.9. The topological polar surface area (TPSA) is 38.8 Å². The quantitative estimate of drug-likeness (QED) is 0.734. The van der Waals surface area contributed by atoms with Crippen LogP contribution in [0.15, 0.2) is 30.4 Å². The summed E-state index contributed by atoms with van der Waals surface area (Å²) >= 11 is 0. The molecule has 0 saturated carbocycles. The van der Waals surface area contributed by atoms with Crippen LogP contribution >= 0.6 is 0 Å². The van der Waals surface area contributed by atoms with Gasteiger partial charge >= 0.3 is 6.09 Å².